The van der Waals surface area contributed by atoms with E-state index >= 15 is 0 Å². The van der Waals surface area contributed by atoms with Crippen LogP contribution in [-0.4, -0.2) is 74.9 Å². The molecule has 0 amide bonds. The van der Waals surface area contributed by atoms with Gasteiger partial charge in [0.1, 0.15) is 19.8 Å². The number of ether oxygens (including phenoxy) is 2. The summed E-state index contributed by atoms with van der Waals surface area (Å²) >= 11 is 0. The summed E-state index contributed by atoms with van der Waals surface area (Å²) in [7, 11) is 1.46. The maximum absolute atomic E-state index is 12.7. The van der Waals surface area contributed by atoms with E-state index in [9.17, 15) is 19.0 Å². The van der Waals surface area contributed by atoms with Gasteiger partial charge in [-0.05, 0) is 57.8 Å². The summed E-state index contributed by atoms with van der Waals surface area (Å²) in [6.07, 6.45) is 52.1. The third-order valence-corrected chi connectivity index (χ3v) is 12.2. The number of carbonyl (C=O) groups excluding carboxylic acids is 2. The summed E-state index contributed by atoms with van der Waals surface area (Å²) in [6, 6.07) is 0. The third-order valence-electron chi connectivity index (χ3n) is 11.2. The number of esters is 2. The Morgan fingerprint density at radius 2 is 0.887 bits per heavy atom. The van der Waals surface area contributed by atoms with Crippen LogP contribution < -0.4 is 0 Å². The van der Waals surface area contributed by atoms with Crippen molar-refractivity contribution >= 4 is 19.8 Å². The highest BCUT2D eigenvalue weighted by atomic mass is 31.2. The first-order valence-corrected chi connectivity index (χ1v) is 27.2. The first-order valence-electron chi connectivity index (χ1n) is 25.7. The van der Waals surface area contributed by atoms with Crippen LogP contribution in [0, 0.1) is 0 Å². The number of quaternary nitrogens is 1. The van der Waals surface area contributed by atoms with Gasteiger partial charge in [-0.2, -0.15) is 0 Å². The fourth-order valence-electron chi connectivity index (χ4n) is 7.13. The number of phosphoric acid groups is 1. The zero-order chi connectivity index (χ0) is 45.7. The molecule has 0 saturated carbocycles. The predicted molar refractivity (Wildman–Crippen MR) is 261 cm³/mol. The fraction of sp³-hybridized carbons (Fsp3) is 0.846. The Bertz CT molecular complexity index is 1150. The SMILES string of the molecule is CCCCCC/C=C/C=C/CCCCCCCC(=O)OC[C@H](COP(=O)(O)OCC[N+](C)(C)C)OC(=O)CCC/C=C/CCCCCCCCCCCCCCCCCCCC. The second kappa shape index (κ2) is 44.4. The highest BCUT2D eigenvalue weighted by molar-refractivity contribution is 7.47. The van der Waals surface area contributed by atoms with Gasteiger partial charge in [0.2, 0.25) is 0 Å². The lowest BCUT2D eigenvalue weighted by atomic mass is 10.0. The Labute approximate surface area is 382 Å². The normalized spacial score (nSPS) is 13.7. The number of allylic oxidation sites excluding steroid dienone is 6. The monoisotopic (exact) mass is 897 g/mol. The molecule has 1 N–H and O–H groups in total. The molecule has 0 saturated heterocycles. The maximum Gasteiger partial charge on any atom is 0.472 e. The van der Waals surface area contributed by atoms with Crippen molar-refractivity contribution in [2.45, 2.75) is 238 Å². The van der Waals surface area contributed by atoms with Gasteiger partial charge in [-0.3, -0.25) is 18.6 Å². The van der Waals surface area contributed by atoms with E-state index < -0.39 is 26.5 Å². The Kier molecular flexibility index (Phi) is 43.2. The number of rotatable bonds is 47. The summed E-state index contributed by atoms with van der Waals surface area (Å²) in [6.45, 7) is 4.38. The van der Waals surface area contributed by atoms with Gasteiger partial charge in [0.25, 0.3) is 0 Å². The van der Waals surface area contributed by atoms with E-state index in [1.165, 1.54) is 141 Å². The molecule has 10 heteroatoms. The van der Waals surface area contributed by atoms with E-state index in [0.29, 0.717) is 17.4 Å². The van der Waals surface area contributed by atoms with Crippen molar-refractivity contribution in [3.8, 4) is 0 Å². The van der Waals surface area contributed by atoms with Crippen LogP contribution in [0.5, 0.6) is 0 Å². The second-order valence-electron chi connectivity index (χ2n) is 18.6. The molecule has 0 aromatic rings. The molecule has 0 aliphatic heterocycles. The first-order chi connectivity index (χ1) is 30.0. The minimum atomic E-state index is -4.39. The lowest BCUT2D eigenvalue weighted by Gasteiger charge is -2.24. The van der Waals surface area contributed by atoms with E-state index in [1.54, 1.807) is 0 Å². The van der Waals surface area contributed by atoms with Crippen LogP contribution in [0.1, 0.15) is 232 Å². The van der Waals surface area contributed by atoms with E-state index in [-0.39, 0.29) is 32.0 Å². The molecule has 2 atom stereocenters. The van der Waals surface area contributed by atoms with Gasteiger partial charge in [0.05, 0.1) is 27.7 Å². The second-order valence-corrected chi connectivity index (χ2v) is 20.0. The maximum atomic E-state index is 12.7. The van der Waals surface area contributed by atoms with Gasteiger partial charge in [0, 0.05) is 12.8 Å². The molecule has 0 aromatic heterocycles. The molecule has 364 valence electrons. The Hall–Kier alpha value is -1.77. The molecule has 0 spiro atoms. The summed E-state index contributed by atoms with van der Waals surface area (Å²) in [4.78, 5) is 35.5. The lowest BCUT2D eigenvalue weighted by Crippen LogP contribution is -2.37. The standard InChI is InChI=1S/C52H98NO8P/c1-6-8-10-12-14-16-18-20-22-23-24-25-26-27-28-29-31-33-35-37-39-41-43-45-52(55)61-50(49-60-62(56,57)59-47-46-53(3,4)5)48-58-51(54)44-42-40-38-36-34-32-30-21-19-17-15-13-11-9-7-2/h17,19,21,30,37,39,50H,6-16,18,20,22-29,31-36,38,40-49H2,1-5H3/p+1/b19-17+,30-21+,39-37+/t50-/m1/s1. The zero-order valence-corrected chi connectivity index (χ0v) is 42.0. The molecule has 0 fully saturated rings. The van der Waals surface area contributed by atoms with Crippen molar-refractivity contribution in [1.82, 2.24) is 0 Å². The van der Waals surface area contributed by atoms with Crippen LogP contribution in [0.3, 0.4) is 0 Å². The molecule has 0 aromatic carbocycles. The molecule has 0 radical (unpaired) electrons. The molecule has 0 heterocycles. The smallest absolute Gasteiger partial charge is 0.462 e. The number of unbranched alkanes of at least 4 members (excludes halogenated alkanes) is 28. The van der Waals surface area contributed by atoms with Gasteiger partial charge in [0.15, 0.2) is 6.10 Å². The Balaban J connectivity index is 4.26. The number of nitrogens with zero attached hydrogens (tertiary/aromatic N) is 1. The summed E-state index contributed by atoms with van der Waals surface area (Å²) < 4.78 is 34.4. The number of hydrogen-bond donors (Lipinski definition) is 1. The molecular formula is C52H99NO8P+. The first kappa shape index (κ1) is 60.2. The molecule has 0 aliphatic carbocycles. The number of likely N-dealkylation sites (N-methyl/N-ethyl adjacent to an activating group) is 1. The summed E-state index contributed by atoms with van der Waals surface area (Å²) in [5, 5.41) is 0. The average Bonchev–Trinajstić information content (AvgIpc) is 3.23. The quantitative estimate of drug-likeness (QED) is 0.0161. The number of hydrogen-bond acceptors (Lipinski definition) is 7. The zero-order valence-electron chi connectivity index (χ0n) is 41.1. The van der Waals surface area contributed by atoms with Crippen LogP contribution in [0.25, 0.3) is 0 Å². The van der Waals surface area contributed by atoms with Gasteiger partial charge < -0.3 is 18.9 Å². The van der Waals surface area contributed by atoms with Crippen molar-refractivity contribution in [2.75, 3.05) is 47.5 Å². The highest BCUT2D eigenvalue weighted by Crippen LogP contribution is 2.43. The van der Waals surface area contributed by atoms with Crippen LogP contribution in [0.4, 0.5) is 0 Å². The van der Waals surface area contributed by atoms with Crippen LogP contribution in [0.2, 0.25) is 0 Å². The van der Waals surface area contributed by atoms with E-state index in [4.69, 9.17) is 18.5 Å². The van der Waals surface area contributed by atoms with Gasteiger partial charge >= 0.3 is 19.8 Å². The van der Waals surface area contributed by atoms with Crippen LogP contribution >= 0.6 is 7.82 Å². The summed E-state index contributed by atoms with van der Waals surface area (Å²) in [5.74, 6) is -0.847. The van der Waals surface area contributed by atoms with Crippen LogP contribution in [0.15, 0.2) is 36.5 Å². The fourth-order valence-corrected chi connectivity index (χ4v) is 7.87. The highest BCUT2D eigenvalue weighted by Gasteiger charge is 2.27. The van der Waals surface area contributed by atoms with Crippen molar-refractivity contribution in [3.63, 3.8) is 0 Å². The van der Waals surface area contributed by atoms with Gasteiger partial charge in [-0.1, -0.05) is 198 Å². The lowest BCUT2D eigenvalue weighted by molar-refractivity contribution is -0.870. The largest absolute Gasteiger partial charge is 0.472 e. The van der Waals surface area contributed by atoms with E-state index in [0.717, 1.165) is 57.8 Å². The number of carbonyl (C=O) groups is 2. The van der Waals surface area contributed by atoms with E-state index in [2.05, 4.69) is 50.3 Å². The van der Waals surface area contributed by atoms with Crippen molar-refractivity contribution in [1.29, 1.82) is 0 Å². The van der Waals surface area contributed by atoms with Crippen LogP contribution in [-0.2, 0) is 32.7 Å². The molecule has 0 rings (SSSR count). The minimum absolute atomic E-state index is 0.0249. The Morgan fingerprint density at radius 1 is 0.500 bits per heavy atom. The number of phosphoric ester groups is 1. The predicted octanol–water partition coefficient (Wildman–Crippen LogP) is 15.3. The minimum Gasteiger partial charge on any atom is -0.462 e. The molecule has 1 unspecified atom stereocenters. The average molecular weight is 897 g/mol. The van der Waals surface area contributed by atoms with Crippen molar-refractivity contribution in [3.05, 3.63) is 36.5 Å². The molecule has 9 nitrogen and oxygen atoms in total. The van der Waals surface area contributed by atoms with Crippen molar-refractivity contribution < 1.29 is 42.1 Å². The van der Waals surface area contributed by atoms with Gasteiger partial charge in [-0.15, -0.1) is 0 Å². The Morgan fingerprint density at radius 3 is 1.35 bits per heavy atom. The summed E-state index contributed by atoms with van der Waals surface area (Å²) in [5.41, 5.74) is 0. The molecule has 0 aliphatic rings. The molecule has 0 bridgehead atoms. The molecular weight excluding hydrogens is 798 g/mol. The van der Waals surface area contributed by atoms with E-state index in [1.807, 2.05) is 21.1 Å². The molecule has 62 heavy (non-hydrogen) atoms. The van der Waals surface area contributed by atoms with Gasteiger partial charge in [-0.25, -0.2) is 4.57 Å². The third kappa shape index (κ3) is 47.7. The topological polar surface area (TPSA) is 108 Å². The van der Waals surface area contributed by atoms with Crippen molar-refractivity contribution in [2.24, 2.45) is 0 Å².